The fourth-order valence-corrected chi connectivity index (χ4v) is 2.42. The average Bonchev–Trinajstić information content (AvgIpc) is 2.76. The molecule has 2 rings (SSSR count). The van der Waals surface area contributed by atoms with E-state index in [-0.39, 0.29) is 0 Å². The fourth-order valence-electron chi connectivity index (χ4n) is 2.06. The molecule has 2 nitrogen and oxygen atoms in total. The molecule has 0 aliphatic carbocycles. The Labute approximate surface area is 106 Å². The van der Waals surface area contributed by atoms with Crippen LogP contribution in [0.25, 0.3) is 0 Å². The third kappa shape index (κ3) is 2.77. The zero-order chi connectivity index (χ0) is 11.5. The highest BCUT2D eigenvalue weighted by molar-refractivity contribution is 9.10. The first-order valence-electron chi connectivity index (χ1n) is 5.77. The minimum absolute atomic E-state index is 0.459. The normalized spacial score (nSPS) is 22.1. The van der Waals surface area contributed by atoms with Gasteiger partial charge in [-0.1, -0.05) is 6.07 Å². The molecule has 1 aliphatic rings. The van der Waals surface area contributed by atoms with Gasteiger partial charge in [0, 0.05) is 28.7 Å². The number of aryl methyl sites for hydroxylation is 1. The van der Waals surface area contributed by atoms with Gasteiger partial charge in [-0.2, -0.15) is 0 Å². The smallest absolute Gasteiger partial charge is 0.0514 e. The minimum Gasteiger partial charge on any atom is -0.381 e. The van der Waals surface area contributed by atoms with E-state index in [2.05, 4.69) is 53.3 Å². The first-order valence-corrected chi connectivity index (χ1v) is 6.56. The Hall–Kier alpha value is -0.540. The molecule has 1 N–H and O–H groups in total. The van der Waals surface area contributed by atoms with Crippen molar-refractivity contribution in [2.24, 2.45) is 5.92 Å². The maximum atomic E-state index is 5.42. The Kier molecular flexibility index (Phi) is 3.87. The molecule has 1 saturated heterocycles. The largest absolute Gasteiger partial charge is 0.381 e. The molecule has 1 fully saturated rings. The number of benzene rings is 1. The van der Waals surface area contributed by atoms with Gasteiger partial charge in [0.2, 0.25) is 0 Å². The summed E-state index contributed by atoms with van der Waals surface area (Å²) in [7, 11) is 0. The van der Waals surface area contributed by atoms with Gasteiger partial charge in [0.25, 0.3) is 0 Å². The zero-order valence-electron chi connectivity index (χ0n) is 9.79. The Bertz CT molecular complexity index is 361. The second-order valence-corrected chi connectivity index (χ2v) is 5.39. The molecule has 0 bridgehead atoms. The number of rotatable bonds is 3. The monoisotopic (exact) mass is 283 g/mol. The second kappa shape index (κ2) is 5.19. The maximum Gasteiger partial charge on any atom is 0.0514 e. The molecule has 0 spiro atoms. The van der Waals surface area contributed by atoms with Gasteiger partial charge < -0.3 is 10.1 Å². The molecule has 16 heavy (non-hydrogen) atoms. The van der Waals surface area contributed by atoms with Crippen molar-refractivity contribution >= 4 is 21.6 Å². The van der Waals surface area contributed by atoms with Crippen LogP contribution in [0, 0.1) is 12.8 Å². The van der Waals surface area contributed by atoms with Crippen molar-refractivity contribution in [2.75, 3.05) is 18.5 Å². The molecule has 0 amide bonds. The summed E-state index contributed by atoms with van der Waals surface area (Å²) in [4.78, 5) is 0. The molecule has 3 heteroatoms. The molecule has 1 aromatic rings. The van der Waals surface area contributed by atoms with Crippen LogP contribution < -0.4 is 5.32 Å². The first-order chi connectivity index (χ1) is 7.66. The minimum atomic E-state index is 0.459. The van der Waals surface area contributed by atoms with Crippen molar-refractivity contribution in [1.29, 1.82) is 0 Å². The topological polar surface area (TPSA) is 21.3 Å². The number of hydrogen-bond acceptors (Lipinski definition) is 2. The van der Waals surface area contributed by atoms with Crippen LogP contribution in [0.1, 0.15) is 18.9 Å². The number of nitrogens with one attached hydrogen (secondary N) is 1. The highest BCUT2D eigenvalue weighted by atomic mass is 79.9. The van der Waals surface area contributed by atoms with E-state index in [9.17, 15) is 0 Å². The van der Waals surface area contributed by atoms with Gasteiger partial charge in [-0.15, -0.1) is 0 Å². The van der Waals surface area contributed by atoms with Crippen LogP contribution in [-0.4, -0.2) is 19.3 Å². The van der Waals surface area contributed by atoms with Gasteiger partial charge in [0.1, 0.15) is 0 Å². The molecular formula is C13H18BrNO. The fraction of sp³-hybridized carbons (Fsp3) is 0.538. The van der Waals surface area contributed by atoms with E-state index >= 15 is 0 Å². The van der Waals surface area contributed by atoms with E-state index in [1.54, 1.807) is 0 Å². The second-order valence-electron chi connectivity index (χ2n) is 4.54. The van der Waals surface area contributed by atoms with Crippen LogP contribution in [0.4, 0.5) is 5.69 Å². The predicted molar refractivity (Wildman–Crippen MR) is 70.9 cm³/mol. The molecular weight excluding hydrogens is 266 g/mol. The van der Waals surface area contributed by atoms with E-state index in [0.717, 1.165) is 24.1 Å². The quantitative estimate of drug-likeness (QED) is 0.915. The lowest BCUT2D eigenvalue weighted by atomic mass is 10.0. The molecule has 2 unspecified atom stereocenters. The summed E-state index contributed by atoms with van der Waals surface area (Å²) in [6.45, 7) is 6.14. The van der Waals surface area contributed by atoms with Gasteiger partial charge in [-0.05, 0) is 53.9 Å². The summed E-state index contributed by atoms with van der Waals surface area (Å²) < 4.78 is 6.55. The summed E-state index contributed by atoms with van der Waals surface area (Å²) in [6, 6.07) is 6.84. The average molecular weight is 284 g/mol. The molecule has 1 aromatic carbocycles. The summed E-state index contributed by atoms with van der Waals surface area (Å²) in [5.74, 6) is 0.632. The van der Waals surface area contributed by atoms with Crippen molar-refractivity contribution < 1.29 is 4.74 Å². The SMILES string of the molecule is Cc1ccc(Br)c(NC(C)C2CCOC2)c1. The zero-order valence-corrected chi connectivity index (χ0v) is 11.4. The van der Waals surface area contributed by atoms with Crippen LogP contribution in [0.15, 0.2) is 22.7 Å². The molecule has 0 aromatic heterocycles. The summed E-state index contributed by atoms with van der Waals surface area (Å²) >= 11 is 3.57. The van der Waals surface area contributed by atoms with E-state index in [1.165, 1.54) is 11.3 Å². The van der Waals surface area contributed by atoms with Crippen molar-refractivity contribution in [3.63, 3.8) is 0 Å². The Morgan fingerprint density at radius 2 is 2.31 bits per heavy atom. The van der Waals surface area contributed by atoms with Crippen molar-refractivity contribution in [2.45, 2.75) is 26.3 Å². The van der Waals surface area contributed by atoms with Crippen LogP contribution in [-0.2, 0) is 4.74 Å². The van der Waals surface area contributed by atoms with Crippen LogP contribution in [0.5, 0.6) is 0 Å². The van der Waals surface area contributed by atoms with Crippen molar-refractivity contribution in [3.05, 3.63) is 28.2 Å². The molecule has 0 saturated carbocycles. The van der Waals surface area contributed by atoms with Crippen LogP contribution in [0.3, 0.4) is 0 Å². The van der Waals surface area contributed by atoms with E-state index in [4.69, 9.17) is 4.74 Å². The Morgan fingerprint density at radius 1 is 1.50 bits per heavy atom. The van der Waals surface area contributed by atoms with E-state index in [0.29, 0.717) is 12.0 Å². The number of anilines is 1. The number of ether oxygens (including phenoxy) is 1. The molecule has 1 aliphatic heterocycles. The van der Waals surface area contributed by atoms with Crippen LogP contribution in [0.2, 0.25) is 0 Å². The summed E-state index contributed by atoms with van der Waals surface area (Å²) in [6.07, 6.45) is 1.16. The maximum absolute atomic E-state index is 5.42. The highest BCUT2D eigenvalue weighted by Crippen LogP contribution is 2.26. The van der Waals surface area contributed by atoms with Gasteiger partial charge >= 0.3 is 0 Å². The van der Waals surface area contributed by atoms with Crippen molar-refractivity contribution in [3.8, 4) is 0 Å². The lowest BCUT2D eigenvalue weighted by Crippen LogP contribution is -2.26. The lowest BCUT2D eigenvalue weighted by Gasteiger charge is -2.21. The third-order valence-electron chi connectivity index (χ3n) is 3.18. The Morgan fingerprint density at radius 3 is 3.00 bits per heavy atom. The molecule has 88 valence electrons. The predicted octanol–water partition coefficient (Wildman–Crippen LogP) is 3.59. The van der Waals surface area contributed by atoms with Gasteiger partial charge in [0.15, 0.2) is 0 Å². The van der Waals surface area contributed by atoms with E-state index < -0.39 is 0 Å². The third-order valence-corrected chi connectivity index (χ3v) is 3.87. The van der Waals surface area contributed by atoms with Crippen LogP contribution >= 0.6 is 15.9 Å². The molecule has 1 heterocycles. The number of hydrogen-bond donors (Lipinski definition) is 1. The van der Waals surface area contributed by atoms with Gasteiger partial charge in [0.05, 0.1) is 6.61 Å². The van der Waals surface area contributed by atoms with Crippen molar-refractivity contribution in [1.82, 2.24) is 0 Å². The summed E-state index contributed by atoms with van der Waals surface area (Å²) in [5, 5.41) is 3.57. The highest BCUT2D eigenvalue weighted by Gasteiger charge is 2.22. The van der Waals surface area contributed by atoms with E-state index in [1.807, 2.05) is 0 Å². The standard InChI is InChI=1S/C13H18BrNO/c1-9-3-4-12(14)13(7-9)15-10(2)11-5-6-16-8-11/h3-4,7,10-11,15H,5-6,8H2,1-2H3. The van der Waals surface area contributed by atoms with Gasteiger partial charge in [-0.3, -0.25) is 0 Å². The lowest BCUT2D eigenvalue weighted by molar-refractivity contribution is 0.183. The molecule has 0 radical (unpaired) electrons. The Balaban J connectivity index is 2.04. The summed E-state index contributed by atoms with van der Waals surface area (Å²) in [5.41, 5.74) is 2.46. The first kappa shape index (κ1) is 11.9. The number of halogens is 1. The van der Waals surface area contributed by atoms with Gasteiger partial charge in [-0.25, -0.2) is 0 Å². The molecule has 2 atom stereocenters.